The van der Waals surface area contributed by atoms with Gasteiger partial charge in [-0.2, -0.15) is 0 Å². The summed E-state index contributed by atoms with van der Waals surface area (Å²) in [6.07, 6.45) is 4.00. The Morgan fingerprint density at radius 1 is 1.50 bits per heavy atom. The zero-order valence-corrected chi connectivity index (χ0v) is 7.74. The Labute approximate surface area is 84.1 Å². The lowest BCUT2D eigenvalue weighted by Crippen LogP contribution is -1.99. The van der Waals surface area contributed by atoms with E-state index >= 15 is 0 Å². The van der Waals surface area contributed by atoms with Crippen LogP contribution in [0.1, 0.15) is 0 Å². The van der Waals surface area contributed by atoms with Gasteiger partial charge in [-0.1, -0.05) is 11.6 Å². The standard InChI is InChI=1S/C8H6ClFN4/c9-5-4-14(13-8(5)11)7-1-2-12-3-6(7)10/h1-4H,(H2,11,13). The molecule has 0 aliphatic rings. The predicted molar refractivity (Wildman–Crippen MR) is 50.7 cm³/mol. The molecule has 6 heteroatoms. The summed E-state index contributed by atoms with van der Waals surface area (Å²) < 4.78 is 14.5. The van der Waals surface area contributed by atoms with Gasteiger partial charge in [-0.05, 0) is 6.07 Å². The van der Waals surface area contributed by atoms with E-state index in [4.69, 9.17) is 17.3 Å². The summed E-state index contributed by atoms with van der Waals surface area (Å²) in [6.45, 7) is 0. The van der Waals surface area contributed by atoms with E-state index in [1.807, 2.05) is 0 Å². The molecule has 0 spiro atoms. The molecule has 0 aliphatic heterocycles. The third-order valence-corrected chi connectivity index (χ3v) is 1.98. The first-order valence-corrected chi connectivity index (χ1v) is 4.17. The fourth-order valence-corrected chi connectivity index (χ4v) is 1.17. The van der Waals surface area contributed by atoms with Gasteiger partial charge in [0, 0.05) is 6.20 Å². The van der Waals surface area contributed by atoms with Crippen LogP contribution < -0.4 is 5.73 Å². The molecule has 2 aromatic rings. The molecule has 0 atom stereocenters. The highest BCUT2D eigenvalue weighted by molar-refractivity contribution is 6.32. The molecule has 14 heavy (non-hydrogen) atoms. The van der Waals surface area contributed by atoms with Crippen molar-refractivity contribution < 1.29 is 4.39 Å². The first-order valence-electron chi connectivity index (χ1n) is 3.79. The summed E-state index contributed by atoms with van der Waals surface area (Å²) in [6, 6.07) is 1.48. The first kappa shape index (κ1) is 8.96. The summed E-state index contributed by atoms with van der Waals surface area (Å²) in [5.74, 6) is -0.311. The smallest absolute Gasteiger partial charge is 0.167 e. The zero-order valence-electron chi connectivity index (χ0n) is 6.98. The molecule has 0 aliphatic carbocycles. The lowest BCUT2D eigenvalue weighted by molar-refractivity contribution is 0.605. The number of halogens is 2. The van der Waals surface area contributed by atoms with Crippen LogP contribution in [0.2, 0.25) is 5.02 Å². The van der Waals surface area contributed by atoms with Crippen molar-refractivity contribution in [2.24, 2.45) is 0 Å². The summed E-state index contributed by atoms with van der Waals surface area (Å²) in [5, 5.41) is 4.13. The monoisotopic (exact) mass is 212 g/mol. The van der Waals surface area contributed by atoms with E-state index in [1.54, 1.807) is 0 Å². The van der Waals surface area contributed by atoms with Gasteiger partial charge in [0.25, 0.3) is 0 Å². The Balaban J connectivity index is 2.55. The molecule has 2 aromatic heterocycles. The van der Waals surface area contributed by atoms with Crippen molar-refractivity contribution in [1.29, 1.82) is 0 Å². The average molecular weight is 213 g/mol. The molecule has 0 saturated heterocycles. The van der Waals surface area contributed by atoms with Crippen LogP contribution in [0, 0.1) is 5.82 Å². The van der Waals surface area contributed by atoms with Gasteiger partial charge in [0.15, 0.2) is 11.6 Å². The molecule has 0 radical (unpaired) electrons. The second-order valence-corrected chi connectivity index (χ2v) is 3.04. The predicted octanol–water partition coefficient (Wildman–Crippen LogP) is 1.64. The van der Waals surface area contributed by atoms with Gasteiger partial charge >= 0.3 is 0 Å². The lowest BCUT2D eigenvalue weighted by Gasteiger charge is -2.00. The summed E-state index contributed by atoms with van der Waals surface area (Å²) in [4.78, 5) is 3.62. The normalized spacial score (nSPS) is 10.4. The van der Waals surface area contributed by atoms with Crippen molar-refractivity contribution in [1.82, 2.24) is 14.8 Å². The molecule has 0 bridgehead atoms. The van der Waals surface area contributed by atoms with Crippen molar-refractivity contribution in [2.45, 2.75) is 0 Å². The maximum absolute atomic E-state index is 13.2. The summed E-state index contributed by atoms with van der Waals surface area (Å²) in [7, 11) is 0. The average Bonchev–Trinajstić information content (AvgIpc) is 2.48. The molecule has 2 rings (SSSR count). The number of nitrogen functional groups attached to an aromatic ring is 1. The summed E-state index contributed by atoms with van der Waals surface area (Å²) in [5.41, 5.74) is 5.69. The highest BCUT2D eigenvalue weighted by atomic mass is 35.5. The van der Waals surface area contributed by atoms with Crippen LogP contribution in [0.4, 0.5) is 10.2 Å². The third-order valence-electron chi connectivity index (χ3n) is 1.69. The van der Waals surface area contributed by atoms with Crippen LogP contribution in [-0.4, -0.2) is 14.8 Å². The van der Waals surface area contributed by atoms with Gasteiger partial charge in [-0.3, -0.25) is 4.98 Å². The molecule has 0 aromatic carbocycles. The Hall–Kier alpha value is -1.62. The van der Waals surface area contributed by atoms with Crippen molar-refractivity contribution in [3.05, 3.63) is 35.5 Å². The number of aromatic nitrogens is 3. The third kappa shape index (κ3) is 1.42. The van der Waals surface area contributed by atoms with Gasteiger partial charge < -0.3 is 5.73 Å². The van der Waals surface area contributed by atoms with Crippen LogP contribution in [0.15, 0.2) is 24.7 Å². The maximum atomic E-state index is 13.2. The Bertz CT molecular complexity index is 449. The second-order valence-electron chi connectivity index (χ2n) is 2.63. The molecular weight excluding hydrogens is 207 g/mol. The Morgan fingerprint density at radius 2 is 2.29 bits per heavy atom. The molecule has 2 heterocycles. The quantitative estimate of drug-likeness (QED) is 0.782. The van der Waals surface area contributed by atoms with E-state index in [0.29, 0.717) is 5.02 Å². The topological polar surface area (TPSA) is 56.7 Å². The van der Waals surface area contributed by atoms with E-state index in [1.165, 1.54) is 23.1 Å². The molecule has 2 N–H and O–H groups in total. The van der Waals surface area contributed by atoms with E-state index < -0.39 is 5.82 Å². The minimum atomic E-state index is -0.480. The largest absolute Gasteiger partial charge is 0.381 e. The van der Waals surface area contributed by atoms with Gasteiger partial charge in [-0.25, -0.2) is 9.07 Å². The highest BCUT2D eigenvalue weighted by Crippen LogP contribution is 2.19. The van der Waals surface area contributed by atoms with Crippen LogP contribution in [0.3, 0.4) is 0 Å². The van der Waals surface area contributed by atoms with Gasteiger partial charge in [0.05, 0.1) is 12.4 Å². The first-order chi connectivity index (χ1) is 6.68. The molecular formula is C8H6ClFN4. The minimum absolute atomic E-state index is 0.169. The number of rotatable bonds is 1. The molecule has 0 amide bonds. The second kappa shape index (κ2) is 3.26. The molecule has 72 valence electrons. The fraction of sp³-hybridized carbons (Fsp3) is 0. The number of pyridine rings is 1. The van der Waals surface area contributed by atoms with Crippen LogP contribution in [-0.2, 0) is 0 Å². The highest BCUT2D eigenvalue weighted by Gasteiger charge is 2.08. The van der Waals surface area contributed by atoms with Crippen LogP contribution >= 0.6 is 11.6 Å². The van der Waals surface area contributed by atoms with E-state index in [-0.39, 0.29) is 11.5 Å². The number of nitrogens with zero attached hydrogens (tertiary/aromatic N) is 3. The van der Waals surface area contributed by atoms with E-state index in [0.717, 1.165) is 6.20 Å². The van der Waals surface area contributed by atoms with Crippen LogP contribution in [0.5, 0.6) is 0 Å². The van der Waals surface area contributed by atoms with Crippen molar-refractivity contribution >= 4 is 17.4 Å². The Morgan fingerprint density at radius 3 is 2.86 bits per heavy atom. The fourth-order valence-electron chi connectivity index (χ4n) is 1.04. The molecule has 0 saturated carbocycles. The zero-order chi connectivity index (χ0) is 10.1. The molecule has 4 nitrogen and oxygen atoms in total. The van der Waals surface area contributed by atoms with Crippen molar-refractivity contribution in [2.75, 3.05) is 5.73 Å². The Kier molecular flexibility index (Phi) is 2.09. The van der Waals surface area contributed by atoms with Gasteiger partial charge in [-0.15, -0.1) is 5.10 Å². The number of nitrogens with two attached hydrogens (primary N) is 1. The van der Waals surface area contributed by atoms with Crippen LogP contribution in [0.25, 0.3) is 5.69 Å². The molecule has 0 unspecified atom stereocenters. The SMILES string of the molecule is Nc1nn(-c2ccncc2F)cc1Cl. The number of hydrogen-bond acceptors (Lipinski definition) is 3. The lowest BCUT2D eigenvalue weighted by atomic mass is 10.4. The molecule has 0 fully saturated rings. The number of anilines is 1. The van der Waals surface area contributed by atoms with Crippen molar-refractivity contribution in [3.8, 4) is 5.69 Å². The van der Waals surface area contributed by atoms with E-state index in [9.17, 15) is 4.39 Å². The van der Waals surface area contributed by atoms with E-state index in [2.05, 4.69) is 10.1 Å². The van der Waals surface area contributed by atoms with Gasteiger partial charge in [0.1, 0.15) is 10.7 Å². The van der Waals surface area contributed by atoms with Gasteiger partial charge in [0.2, 0.25) is 0 Å². The maximum Gasteiger partial charge on any atom is 0.167 e. The minimum Gasteiger partial charge on any atom is -0.381 e. The van der Waals surface area contributed by atoms with Crippen molar-refractivity contribution in [3.63, 3.8) is 0 Å². The summed E-state index contributed by atoms with van der Waals surface area (Å²) >= 11 is 5.69. The number of hydrogen-bond donors (Lipinski definition) is 1.